The molecule has 3 heterocycles. The lowest BCUT2D eigenvalue weighted by atomic mass is 9.91. The predicted octanol–water partition coefficient (Wildman–Crippen LogP) is 3.91. The molecule has 0 radical (unpaired) electrons. The van der Waals surface area contributed by atoms with Gasteiger partial charge in [0.05, 0.1) is 6.54 Å². The second-order valence-electron chi connectivity index (χ2n) is 7.89. The number of rotatable bonds is 3. The number of carbonyl (C=O) groups is 2. The fraction of sp³-hybridized carbons (Fsp3) is 0.154. The van der Waals surface area contributed by atoms with Crippen molar-refractivity contribution in [3.63, 3.8) is 0 Å². The third-order valence-corrected chi connectivity index (χ3v) is 5.82. The summed E-state index contributed by atoms with van der Waals surface area (Å²) in [7, 11) is 0. The van der Waals surface area contributed by atoms with Crippen molar-refractivity contribution in [3.8, 4) is 23.0 Å². The molecule has 3 aromatic carbocycles. The summed E-state index contributed by atoms with van der Waals surface area (Å²) in [5.41, 5.74) is 3.11. The SMILES string of the molecule is O=C1/C(=C/c2ccc3c(c2)OCCO3)c2ccccc2C(=O)N1Cc1ccc2c(c1)OCO2. The zero-order chi connectivity index (χ0) is 22.4. The van der Waals surface area contributed by atoms with Gasteiger partial charge >= 0.3 is 0 Å². The lowest BCUT2D eigenvalue weighted by molar-refractivity contribution is -0.123. The van der Waals surface area contributed by atoms with E-state index < -0.39 is 0 Å². The van der Waals surface area contributed by atoms with Gasteiger partial charge in [0.25, 0.3) is 11.8 Å². The molecule has 164 valence electrons. The van der Waals surface area contributed by atoms with Gasteiger partial charge in [0.15, 0.2) is 23.0 Å². The molecular weight excluding hydrogens is 422 g/mol. The van der Waals surface area contributed by atoms with Gasteiger partial charge in [-0.15, -0.1) is 0 Å². The van der Waals surface area contributed by atoms with Crippen LogP contribution in [-0.4, -0.2) is 36.7 Å². The Balaban J connectivity index is 1.39. The molecule has 6 rings (SSSR count). The number of amides is 2. The minimum Gasteiger partial charge on any atom is -0.486 e. The van der Waals surface area contributed by atoms with E-state index in [4.69, 9.17) is 18.9 Å². The van der Waals surface area contributed by atoms with E-state index in [-0.39, 0.29) is 25.2 Å². The van der Waals surface area contributed by atoms with Crippen LogP contribution in [0.4, 0.5) is 0 Å². The van der Waals surface area contributed by atoms with Crippen molar-refractivity contribution in [3.05, 3.63) is 82.9 Å². The van der Waals surface area contributed by atoms with Gasteiger partial charge in [-0.2, -0.15) is 0 Å². The van der Waals surface area contributed by atoms with Crippen LogP contribution in [0, 0.1) is 0 Å². The summed E-state index contributed by atoms with van der Waals surface area (Å²) in [5.74, 6) is 1.90. The van der Waals surface area contributed by atoms with Gasteiger partial charge in [-0.1, -0.05) is 30.3 Å². The molecule has 7 nitrogen and oxygen atoms in total. The Hall–Kier alpha value is -4.26. The molecule has 0 spiro atoms. The van der Waals surface area contributed by atoms with E-state index >= 15 is 0 Å². The minimum atomic E-state index is -0.355. The Morgan fingerprint density at radius 3 is 2.30 bits per heavy atom. The maximum atomic E-state index is 13.6. The Morgan fingerprint density at radius 2 is 1.42 bits per heavy atom. The highest BCUT2D eigenvalue weighted by Crippen LogP contribution is 2.36. The van der Waals surface area contributed by atoms with Crippen LogP contribution in [0.2, 0.25) is 0 Å². The van der Waals surface area contributed by atoms with Gasteiger partial charge in [-0.05, 0) is 53.1 Å². The molecule has 0 fully saturated rings. The second-order valence-corrected chi connectivity index (χ2v) is 7.89. The highest BCUT2D eigenvalue weighted by atomic mass is 16.7. The molecule has 3 aliphatic rings. The van der Waals surface area contributed by atoms with Crippen molar-refractivity contribution in [2.75, 3.05) is 20.0 Å². The first-order valence-electron chi connectivity index (χ1n) is 10.6. The van der Waals surface area contributed by atoms with Crippen LogP contribution in [-0.2, 0) is 11.3 Å². The lowest BCUT2D eigenvalue weighted by Crippen LogP contribution is -2.41. The molecule has 0 aromatic heterocycles. The maximum Gasteiger partial charge on any atom is 0.261 e. The van der Waals surface area contributed by atoms with Gasteiger partial charge in [0.2, 0.25) is 6.79 Å². The van der Waals surface area contributed by atoms with Crippen LogP contribution in [0.1, 0.15) is 27.0 Å². The second kappa shape index (κ2) is 7.70. The third-order valence-electron chi connectivity index (χ3n) is 5.82. The van der Waals surface area contributed by atoms with Gasteiger partial charge in [0.1, 0.15) is 13.2 Å². The fourth-order valence-corrected chi connectivity index (χ4v) is 4.22. The first-order valence-corrected chi connectivity index (χ1v) is 10.6. The summed E-state index contributed by atoms with van der Waals surface area (Å²) in [6, 6.07) is 18.1. The molecule has 3 aromatic rings. The van der Waals surface area contributed by atoms with Crippen molar-refractivity contribution in [2.45, 2.75) is 6.54 Å². The highest BCUT2D eigenvalue weighted by molar-refractivity contribution is 6.33. The van der Waals surface area contributed by atoms with E-state index in [0.29, 0.717) is 52.9 Å². The van der Waals surface area contributed by atoms with Gasteiger partial charge in [0, 0.05) is 11.1 Å². The van der Waals surface area contributed by atoms with Crippen LogP contribution >= 0.6 is 0 Å². The number of imide groups is 1. The molecule has 0 bridgehead atoms. The topological polar surface area (TPSA) is 74.3 Å². The van der Waals surface area contributed by atoms with E-state index in [2.05, 4.69) is 0 Å². The maximum absolute atomic E-state index is 13.6. The average molecular weight is 441 g/mol. The van der Waals surface area contributed by atoms with Crippen molar-refractivity contribution in [1.29, 1.82) is 0 Å². The van der Waals surface area contributed by atoms with Crippen LogP contribution in [0.25, 0.3) is 11.6 Å². The number of fused-ring (bicyclic) bond motifs is 3. The molecule has 0 unspecified atom stereocenters. The first-order chi connectivity index (χ1) is 16.2. The number of ether oxygens (including phenoxy) is 4. The van der Waals surface area contributed by atoms with E-state index in [1.807, 2.05) is 30.3 Å². The lowest BCUT2D eigenvalue weighted by Gasteiger charge is -2.29. The zero-order valence-corrected chi connectivity index (χ0v) is 17.6. The summed E-state index contributed by atoms with van der Waals surface area (Å²) in [5, 5.41) is 0. The number of carbonyl (C=O) groups excluding carboxylic acids is 2. The highest BCUT2D eigenvalue weighted by Gasteiger charge is 2.35. The summed E-state index contributed by atoms with van der Waals surface area (Å²) < 4.78 is 22.1. The summed E-state index contributed by atoms with van der Waals surface area (Å²) in [6.07, 6.45) is 1.79. The molecular formula is C26H19NO6. The smallest absolute Gasteiger partial charge is 0.261 e. The molecule has 3 aliphatic heterocycles. The van der Waals surface area contributed by atoms with Crippen LogP contribution in [0.5, 0.6) is 23.0 Å². The van der Waals surface area contributed by atoms with Crippen molar-refractivity contribution in [1.82, 2.24) is 4.90 Å². The fourth-order valence-electron chi connectivity index (χ4n) is 4.22. The molecule has 0 saturated carbocycles. The van der Waals surface area contributed by atoms with E-state index in [1.165, 1.54) is 4.90 Å². The van der Waals surface area contributed by atoms with Crippen LogP contribution in [0.15, 0.2) is 60.7 Å². The summed E-state index contributed by atoms with van der Waals surface area (Å²) >= 11 is 0. The summed E-state index contributed by atoms with van der Waals surface area (Å²) in [4.78, 5) is 28.1. The Kier molecular flexibility index (Phi) is 4.54. The van der Waals surface area contributed by atoms with Crippen LogP contribution < -0.4 is 18.9 Å². The number of hydrogen-bond acceptors (Lipinski definition) is 6. The minimum absolute atomic E-state index is 0.126. The number of benzene rings is 3. The normalized spacial score (nSPS) is 17.3. The summed E-state index contributed by atoms with van der Waals surface area (Å²) in [6.45, 7) is 1.28. The standard InChI is InChI=1S/C26H19NO6/c28-25-19-4-2-1-3-18(19)20(11-16-5-7-21-23(12-16)31-10-9-30-21)26(29)27(25)14-17-6-8-22-24(13-17)33-15-32-22/h1-8,11-13H,9-10,14-15H2/b20-11+. The van der Waals surface area contributed by atoms with Gasteiger partial charge in [-0.25, -0.2) is 0 Å². The van der Waals surface area contributed by atoms with Gasteiger partial charge in [-0.3, -0.25) is 14.5 Å². The molecule has 0 aliphatic carbocycles. The van der Waals surface area contributed by atoms with Crippen molar-refractivity contribution >= 4 is 23.5 Å². The van der Waals surface area contributed by atoms with E-state index in [1.54, 1.807) is 36.4 Å². The molecule has 33 heavy (non-hydrogen) atoms. The van der Waals surface area contributed by atoms with Crippen molar-refractivity contribution in [2.24, 2.45) is 0 Å². The van der Waals surface area contributed by atoms with E-state index in [9.17, 15) is 9.59 Å². The van der Waals surface area contributed by atoms with Crippen LogP contribution in [0.3, 0.4) is 0 Å². The quantitative estimate of drug-likeness (QED) is 0.453. The molecule has 0 saturated heterocycles. The number of nitrogens with zero attached hydrogens (tertiary/aromatic N) is 1. The van der Waals surface area contributed by atoms with Gasteiger partial charge < -0.3 is 18.9 Å². The van der Waals surface area contributed by atoms with Crippen molar-refractivity contribution < 1.29 is 28.5 Å². The monoisotopic (exact) mass is 441 g/mol. The number of hydrogen-bond donors (Lipinski definition) is 0. The molecule has 7 heteroatoms. The van der Waals surface area contributed by atoms with E-state index in [0.717, 1.165) is 11.1 Å². The zero-order valence-electron chi connectivity index (χ0n) is 17.6. The molecule has 0 atom stereocenters. The Bertz CT molecular complexity index is 1330. The Labute approximate surface area is 189 Å². The average Bonchev–Trinajstić information content (AvgIpc) is 3.32. The molecule has 2 amide bonds. The predicted molar refractivity (Wildman–Crippen MR) is 119 cm³/mol. The molecule has 0 N–H and O–H groups in total. The largest absolute Gasteiger partial charge is 0.486 e. The first kappa shape index (κ1) is 19.4. The third kappa shape index (κ3) is 3.38. The Morgan fingerprint density at radius 1 is 0.727 bits per heavy atom.